The molecule has 2 fully saturated rings. The second-order valence-electron chi connectivity index (χ2n) is 10.7. The fourth-order valence-corrected chi connectivity index (χ4v) is 4.52. The molecule has 0 bridgehead atoms. The van der Waals surface area contributed by atoms with Crippen molar-refractivity contribution in [2.24, 2.45) is 11.7 Å². The number of nitrogens with two attached hydrogens (primary N) is 1. The monoisotopic (exact) mass is 487 g/mol. The molecule has 1 aliphatic carbocycles. The van der Waals surface area contributed by atoms with Gasteiger partial charge in [0.1, 0.15) is 23.4 Å². The van der Waals surface area contributed by atoms with Crippen LogP contribution in [-0.2, 0) is 19.1 Å². The Hall–Kier alpha value is -3.37. The first-order valence-corrected chi connectivity index (χ1v) is 11.8. The van der Waals surface area contributed by atoms with Crippen LogP contribution in [0.4, 0.5) is 10.5 Å². The van der Waals surface area contributed by atoms with E-state index in [0.717, 1.165) is 12.8 Å². The number of likely N-dealkylation sites (tertiary alicyclic amines) is 1. The number of primary amides is 1. The molecule has 1 aromatic heterocycles. The summed E-state index contributed by atoms with van der Waals surface area (Å²) in [5.74, 6) is -1.17. The van der Waals surface area contributed by atoms with Gasteiger partial charge in [-0.2, -0.15) is 0 Å². The third-order valence-electron chi connectivity index (χ3n) is 6.58. The van der Waals surface area contributed by atoms with E-state index in [0.29, 0.717) is 23.7 Å². The van der Waals surface area contributed by atoms with Crippen molar-refractivity contribution in [3.63, 3.8) is 0 Å². The number of anilines is 1. The highest BCUT2D eigenvalue weighted by Crippen LogP contribution is 2.41. The smallest absolute Gasteiger partial charge is 0.410 e. The van der Waals surface area contributed by atoms with Gasteiger partial charge in [-0.25, -0.2) is 9.78 Å². The van der Waals surface area contributed by atoms with Crippen molar-refractivity contribution in [2.45, 2.75) is 76.7 Å². The zero-order valence-electron chi connectivity index (χ0n) is 20.8. The summed E-state index contributed by atoms with van der Waals surface area (Å²) in [6.45, 7) is 6.84. The standard InChI is InChI=1S/C24H33N5O6/c1-13-6-9-15-19(26-13)34-24(21(32)27-15)11-17(18(25)30)29(12-24)20(31)16(10-14-7-8-14)28(5)22(33)35-23(2,3)4/h6,9,14,16-17H,7-8,10-12H2,1-5H3,(H2,25,30)(H,27,32)/t16-,17-,24?/m0/s1. The third kappa shape index (κ3) is 5.03. The number of nitrogens with zero attached hydrogens (tertiary/aromatic N) is 3. The molecule has 1 saturated carbocycles. The number of ether oxygens (including phenoxy) is 2. The number of pyridine rings is 1. The van der Waals surface area contributed by atoms with Crippen LogP contribution in [0.1, 0.15) is 52.1 Å². The van der Waals surface area contributed by atoms with Crippen molar-refractivity contribution in [1.82, 2.24) is 14.8 Å². The lowest BCUT2D eigenvalue weighted by molar-refractivity contribution is -0.142. The van der Waals surface area contributed by atoms with Crippen LogP contribution in [0.5, 0.6) is 5.88 Å². The van der Waals surface area contributed by atoms with E-state index in [-0.39, 0.29) is 18.8 Å². The van der Waals surface area contributed by atoms with Crippen LogP contribution >= 0.6 is 0 Å². The Morgan fingerprint density at radius 1 is 1.34 bits per heavy atom. The van der Waals surface area contributed by atoms with E-state index in [2.05, 4.69) is 10.3 Å². The van der Waals surface area contributed by atoms with Gasteiger partial charge in [-0.1, -0.05) is 12.8 Å². The summed E-state index contributed by atoms with van der Waals surface area (Å²) in [6.07, 6.45) is 1.60. The topological polar surface area (TPSA) is 144 Å². The van der Waals surface area contributed by atoms with E-state index in [1.165, 1.54) is 16.8 Å². The van der Waals surface area contributed by atoms with Gasteiger partial charge in [0.15, 0.2) is 0 Å². The summed E-state index contributed by atoms with van der Waals surface area (Å²) in [6, 6.07) is 1.49. The molecule has 11 nitrogen and oxygen atoms in total. The second kappa shape index (κ2) is 8.69. The van der Waals surface area contributed by atoms with Gasteiger partial charge in [0.25, 0.3) is 5.91 Å². The number of amides is 4. The largest absolute Gasteiger partial charge is 0.457 e. The fourth-order valence-electron chi connectivity index (χ4n) is 4.52. The molecule has 1 saturated heterocycles. The van der Waals surface area contributed by atoms with Crippen LogP contribution in [-0.4, -0.2) is 75.5 Å². The predicted molar refractivity (Wildman–Crippen MR) is 125 cm³/mol. The Morgan fingerprint density at radius 3 is 2.63 bits per heavy atom. The Balaban J connectivity index is 1.62. The van der Waals surface area contributed by atoms with Gasteiger partial charge >= 0.3 is 6.09 Å². The first-order valence-electron chi connectivity index (χ1n) is 11.8. The van der Waals surface area contributed by atoms with E-state index in [1.807, 2.05) is 0 Å². The number of likely N-dealkylation sites (N-methyl/N-ethyl adjacent to an activating group) is 1. The van der Waals surface area contributed by atoms with Crippen LogP contribution in [0, 0.1) is 12.8 Å². The molecule has 0 aromatic carbocycles. The van der Waals surface area contributed by atoms with Crippen LogP contribution in [0.15, 0.2) is 12.1 Å². The molecule has 1 spiro atoms. The van der Waals surface area contributed by atoms with E-state index < -0.39 is 47.1 Å². The van der Waals surface area contributed by atoms with E-state index >= 15 is 0 Å². The third-order valence-corrected chi connectivity index (χ3v) is 6.58. The number of nitrogens with one attached hydrogen (secondary N) is 1. The van der Waals surface area contributed by atoms with Gasteiger partial charge in [-0.15, -0.1) is 0 Å². The summed E-state index contributed by atoms with van der Waals surface area (Å²) in [5.41, 5.74) is 4.53. The molecule has 3 heterocycles. The number of aromatic nitrogens is 1. The number of carbonyl (C=O) groups is 4. The number of hydrogen-bond donors (Lipinski definition) is 2. The quantitative estimate of drug-likeness (QED) is 0.641. The van der Waals surface area contributed by atoms with Gasteiger partial charge in [-0.05, 0) is 52.2 Å². The van der Waals surface area contributed by atoms with Crippen LogP contribution in [0.2, 0.25) is 0 Å². The molecule has 190 valence electrons. The molecular formula is C24H33N5O6. The summed E-state index contributed by atoms with van der Waals surface area (Å²) in [4.78, 5) is 59.1. The maximum absolute atomic E-state index is 13.8. The van der Waals surface area contributed by atoms with Crippen molar-refractivity contribution in [3.8, 4) is 5.88 Å². The SMILES string of the molecule is Cc1ccc2c(n1)OC1(C[C@@H](C(N)=O)N(C(=O)[C@H](CC3CC3)N(C)C(=O)OC(C)(C)C)C1)C(=O)N2. The zero-order chi connectivity index (χ0) is 25.7. The minimum atomic E-state index is -1.52. The maximum Gasteiger partial charge on any atom is 0.410 e. The molecule has 1 aromatic rings. The van der Waals surface area contributed by atoms with Crippen LogP contribution in [0.25, 0.3) is 0 Å². The minimum absolute atomic E-state index is 0.110. The van der Waals surface area contributed by atoms with Gasteiger partial charge in [-0.3, -0.25) is 19.3 Å². The first-order chi connectivity index (χ1) is 16.3. The zero-order valence-corrected chi connectivity index (χ0v) is 20.8. The molecular weight excluding hydrogens is 454 g/mol. The Morgan fingerprint density at radius 2 is 2.03 bits per heavy atom. The molecule has 0 radical (unpaired) electrons. The Bertz CT molecular complexity index is 1060. The van der Waals surface area contributed by atoms with E-state index in [9.17, 15) is 19.2 Å². The molecule has 2 aliphatic heterocycles. The predicted octanol–water partition coefficient (Wildman–Crippen LogP) is 1.58. The lowest BCUT2D eigenvalue weighted by atomic mass is 9.97. The Labute approximate surface area is 204 Å². The highest BCUT2D eigenvalue weighted by Gasteiger charge is 2.58. The van der Waals surface area contributed by atoms with Gasteiger partial charge in [0, 0.05) is 19.2 Å². The van der Waals surface area contributed by atoms with E-state index in [4.69, 9.17) is 15.2 Å². The van der Waals surface area contributed by atoms with Crippen molar-refractivity contribution in [1.29, 1.82) is 0 Å². The molecule has 11 heteroatoms. The molecule has 4 rings (SSSR count). The molecule has 4 amide bonds. The van der Waals surface area contributed by atoms with Gasteiger partial charge in [0.2, 0.25) is 23.3 Å². The van der Waals surface area contributed by atoms with Crippen molar-refractivity contribution >= 4 is 29.5 Å². The van der Waals surface area contributed by atoms with Crippen molar-refractivity contribution in [2.75, 3.05) is 18.9 Å². The van der Waals surface area contributed by atoms with E-state index in [1.54, 1.807) is 39.8 Å². The lowest BCUT2D eigenvalue weighted by Gasteiger charge is -2.35. The summed E-state index contributed by atoms with van der Waals surface area (Å²) >= 11 is 0. The number of fused-ring (bicyclic) bond motifs is 1. The van der Waals surface area contributed by atoms with Crippen molar-refractivity contribution in [3.05, 3.63) is 17.8 Å². The minimum Gasteiger partial charge on any atom is -0.457 e. The second-order valence-corrected chi connectivity index (χ2v) is 10.7. The van der Waals surface area contributed by atoms with Crippen LogP contribution < -0.4 is 15.8 Å². The number of carbonyl (C=O) groups excluding carboxylic acids is 4. The summed E-state index contributed by atoms with van der Waals surface area (Å²) in [7, 11) is 1.51. The molecule has 3 N–H and O–H groups in total. The highest BCUT2D eigenvalue weighted by molar-refractivity contribution is 6.03. The van der Waals surface area contributed by atoms with Gasteiger partial charge in [0.05, 0.1) is 6.54 Å². The lowest BCUT2D eigenvalue weighted by Crippen LogP contribution is -2.56. The number of rotatable bonds is 5. The molecule has 3 aliphatic rings. The molecule has 3 atom stereocenters. The number of aryl methyl sites for hydroxylation is 1. The maximum atomic E-state index is 13.8. The summed E-state index contributed by atoms with van der Waals surface area (Å²) < 4.78 is 11.5. The first kappa shape index (κ1) is 24.7. The Kier molecular flexibility index (Phi) is 6.14. The fraction of sp³-hybridized carbons (Fsp3) is 0.625. The average molecular weight is 488 g/mol. The number of hydrogen-bond acceptors (Lipinski definition) is 7. The normalized spacial score (nSPS) is 24.3. The highest BCUT2D eigenvalue weighted by atomic mass is 16.6. The van der Waals surface area contributed by atoms with Crippen molar-refractivity contribution < 1.29 is 28.7 Å². The van der Waals surface area contributed by atoms with Gasteiger partial charge < -0.3 is 25.4 Å². The molecule has 1 unspecified atom stereocenters. The average Bonchev–Trinajstić information content (AvgIpc) is 3.49. The summed E-state index contributed by atoms with van der Waals surface area (Å²) in [5, 5.41) is 2.78. The molecule has 35 heavy (non-hydrogen) atoms. The van der Waals surface area contributed by atoms with Crippen LogP contribution in [0.3, 0.4) is 0 Å².